The highest BCUT2D eigenvalue weighted by Crippen LogP contribution is 2.23. The van der Waals surface area contributed by atoms with Crippen molar-refractivity contribution in [3.05, 3.63) is 59.4 Å². The molecule has 0 aromatic heterocycles. The number of hydrogen-bond donors (Lipinski definition) is 1. The molecule has 0 bridgehead atoms. The van der Waals surface area contributed by atoms with Gasteiger partial charge in [-0.15, -0.1) is 0 Å². The maximum atomic E-state index is 3.73. The first-order valence-electron chi connectivity index (χ1n) is 7.13. The number of fused-ring (bicyclic) bond motifs is 1. The Balaban J connectivity index is 2.08. The number of rotatable bonds is 5. The number of allylic oxidation sites excluding steroid dienone is 1. The summed E-state index contributed by atoms with van der Waals surface area (Å²) in [5.41, 5.74) is 5.83. The van der Waals surface area contributed by atoms with Crippen LogP contribution in [0.2, 0.25) is 0 Å². The fourth-order valence-corrected chi connectivity index (χ4v) is 2.81. The Kier molecular flexibility index (Phi) is 4.80. The van der Waals surface area contributed by atoms with E-state index in [4.69, 9.17) is 0 Å². The fraction of sp³-hybridized carbons (Fsp3) is 0.412. The van der Waals surface area contributed by atoms with Gasteiger partial charge in [-0.05, 0) is 42.7 Å². The second-order valence-corrected chi connectivity index (χ2v) is 5.03. The van der Waals surface area contributed by atoms with Gasteiger partial charge in [0, 0.05) is 25.3 Å². The van der Waals surface area contributed by atoms with Gasteiger partial charge in [0.05, 0.1) is 0 Å². The molecule has 2 rings (SSSR count). The third kappa shape index (κ3) is 3.27. The van der Waals surface area contributed by atoms with Crippen molar-refractivity contribution >= 4 is 0 Å². The number of nitrogens with zero attached hydrogens (tertiary/aromatic N) is 1. The van der Waals surface area contributed by atoms with Crippen LogP contribution in [0, 0.1) is 0 Å². The van der Waals surface area contributed by atoms with Crippen LogP contribution in [0.15, 0.2) is 42.8 Å². The number of benzene rings is 1. The number of hydrogen-bond acceptors (Lipinski definition) is 2. The van der Waals surface area contributed by atoms with Gasteiger partial charge >= 0.3 is 0 Å². The van der Waals surface area contributed by atoms with E-state index in [1.165, 1.54) is 23.2 Å². The molecule has 2 heteroatoms. The van der Waals surface area contributed by atoms with Crippen LogP contribution in [-0.2, 0) is 19.4 Å². The first-order chi connectivity index (χ1) is 9.28. The summed E-state index contributed by atoms with van der Waals surface area (Å²) in [6, 6.07) is 6.74. The highest BCUT2D eigenvalue weighted by atomic mass is 15.1. The van der Waals surface area contributed by atoms with E-state index < -0.39 is 0 Å². The Morgan fingerprint density at radius 1 is 1.47 bits per heavy atom. The smallest absolute Gasteiger partial charge is 0.0385 e. The van der Waals surface area contributed by atoms with Gasteiger partial charge in [-0.2, -0.15) is 0 Å². The molecule has 102 valence electrons. The Morgan fingerprint density at radius 2 is 2.32 bits per heavy atom. The molecule has 0 fully saturated rings. The van der Waals surface area contributed by atoms with Crippen molar-refractivity contribution in [3.63, 3.8) is 0 Å². The van der Waals surface area contributed by atoms with Crippen molar-refractivity contribution in [1.29, 1.82) is 0 Å². The Labute approximate surface area is 116 Å². The first kappa shape index (κ1) is 13.9. The monoisotopic (exact) mass is 256 g/mol. The third-order valence-electron chi connectivity index (χ3n) is 3.85. The zero-order valence-corrected chi connectivity index (χ0v) is 12.1. The van der Waals surface area contributed by atoms with E-state index in [0.29, 0.717) is 0 Å². The molecule has 2 nitrogen and oxygen atoms in total. The molecule has 0 spiro atoms. The Morgan fingerprint density at radius 3 is 3.00 bits per heavy atom. The van der Waals surface area contributed by atoms with E-state index in [-0.39, 0.29) is 0 Å². The second-order valence-electron chi connectivity index (χ2n) is 5.03. The zero-order chi connectivity index (χ0) is 13.7. The molecule has 1 aliphatic rings. The predicted octanol–water partition coefficient (Wildman–Crippen LogP) is 3.24. The number of nitrogens with one attached hydrogen (secondary N) is 1. The molecular weight excluding hydrogens is 232 g/mol. The van der Waals surface area contributed by atoms with Crippen molar-refractivity contribution in [3.8, 4) is 0 Å². The maximum Gasteiger partial charge on any atom is 0.0385 e. The summed E-state index contributed by atoms with van der Waals surface area (Å²) < 4.78 is 0. The molecule has 0 radical (unpaired) electrons. The highest BCUT2D eigenvalue weighted by Gasteiger charge is 2.18. The van der Waals surface area contributed by atoms with E-state index in [2.05, 4.69) is 54.9 Å². The molecule has 19 heavy (non-hydrogen) atoms. The minimum absolute atomic E-state index is 0.971. The summed E-state index contributed by atoms with van der Waals surface area (Å²) in [5.74, 6) is 0. The van der Waals surface area contributed by atoms with Gasteiger partial charge in [0.2, 0.25) is 0 Å². The van der Waals surface area contributed by atoms with E-state index >= 15 is 0 Å². The van der Waals surface area contributed by atoms with Crippen LogP contribution in [0.4, 0.5) is 0 Å². The van der Waals surface area contributed by atoms with Gasteiger partial charge in [0.1, 0.15) is 0 Å². The van der Waals surface area contributed by atoms with Crippen molar-refractivity contribution in [2.45, 2.75) is 33.2 Å². The topological polar surface area (TPSA) is 15.3 Å². The number of aryl methyl sites for hydroxylation is 1. The normalized spacial score (nSPS) is 16.0. The zero-order valence-electron chi connectivity index (χ0n) is 12.1. The molecule has 0 saturated heterocycles. The van der Waals surface area contributed by atoms with E-state index in [1.54, 1.807) is 11.8 Å². The molecule has 1 aromatic carbocycles. The molecule has 0 unspecified atom stereocenters. The molecule has 1 N–H and O–H groups in total. The second kappa shape index (κ2) is 6.58. The van der Waals surface area contributed by atoms with Gasteiger partial charge in [0.15, 0.2) is 0 Å². The van der Waals surface area contributed by atoms with E-state index in [1.807, 2.05) is 0 Å². The summed E-state index contributed by atoms with van der Waals surface area (Å²) >= 11 is 0. The predicted molar refractivity (Wildman–Crippen MR) is 81.9 cm³/mol. The van der Waals surface area contributed by atoms with Gasteiger partial charge < -0.3 is 5.32 Å². The van der Waals surface area contributed by atoms with Crippen molar-refractivity contribution in [2.24, 2.45) is 0 Å². The summed E-state index contributed by atoms with van der Waals surface area (Å²) in [6.07, 6.45) is 6.19. The Hall–Kier alpha value is -1.54. The van der Waals surface area contributed by atoms with Crippen LogP contribution in [0.1, 0.15) is 30.5 Å². The molecular formula is C17H24N2. The summed E-state index contributed by atoms with van der Waals surface area (Å²) in [7, 11) is 0. The third-order valence-corrected chi connectivity index (χ3v) is 3.85. The largest absolute Gasteiger partial charge is 0.365 e. The van der Waals surface area contributed by atoms with Gasteiger partial charge in [-0.1, -0.05) is 37.8 Å². The lowest BCUT2D eigenvalue weighted by Crippen LogP contribution is -2.34. The molecule has 0 aliphatic carbocycles. The lowest BCUT2D eigenvalue weighted by atomic mass is 9.93. The van der Waals surface area contributed by atoms with Gasteiger partial charge in [-0.3, -0.25) is 4.90 Å². The molecule has 0 amide bonds. The lowest BCUT2D eigenvalue weighted by Gasteiger charge is -2.30. The van der Waals surface area contributed by atoms with Crippen molar-refractivity contribution in [1.82, 2.24) is 10.2 Å². The van der Waals surface area contributed by atoms with E-state index in [9.17, 15) is 0 Å². The minimum Gasteiger partial charge on any atom is -0.365 e. The SMILES string of the molecule is C=CN/C(=C\C)CN1CCc2c(CC)cccc2C1. The lowest BCUT2D eigenvalue weighted by molar-refractivity contribution is 0.272. The van der Waals surface area contributed by atoms with Crippen LogP contribution >= 0.6 is 0 Å². The van der Waals surface area contributed by atoms with Crippen LogP contribution in [0.3, 0.4) is 0 Å². The summed E-state index contributed by atoms with van der Waals surface area (Å²) in [6.45, 7) is 11.2. The van der Waals surface area contributed by atoms with Crippen LogP contribution in [-0.4, -0.2) is 18.0 Å². The van der Waals surface area contributed by atoms with Crippen molar-refractivity contribution in [2.75, 3.05) is 13.1 Å². The first-order valence-corrected chi connectivity index (χ1v) is 7.13. The van der Waals surface area contributed by atoms with Gasteiger partial charge in [0.25, 0.3) is 0 Å². The van der Waals surface area contributed by atoms with E-state index in [0.717, 1.165) is 26.1 Å². The summed E-state index contributed by atoms with van der Waals surface area (Å²) in [4.78, 5) is 2.49. The van der Waals surface area contributed by atoms with Gasteiger partial charge in [-0.25, -0.2) is 0 Å². The maximum absolute atomic E-state index is 3.73. The molecule has 1 aromatic rings. The molecule has 1 heterocycles. The molecule has 0 saturated carbocycles. The van der Waals surface area contributed by atoms with Crippen LogP contribution < -0.4 is 5.32 Å². The Bertz CT molecular complexity index is 474. The summed E-state index contributed by atoms with van der Waals surface area (Å²) in [5, 5.41) is 3.21. The highest BCUT2D eigenvalue weighted by molar-refractivity contribution is 5.37. The van der Waals surface area contributed by atoms with Crippen molar-refractivity contribution < 1.29 is 0 Å². The fourth-order valence-electron chi connectivity index (χ4n) is 2.81. The average molecular weight is 256 g/mol. The molecule has 1 aliphatic heterocycles. The quantitative estimate of drug-likeness (QED) is 0.870. The standard InChI is InChI=1S/C17H24N2/c1-4-14-8-7-9-15-12-19(11-10-17(14)15)13-16(5-2)18-6-3/h5-9,18H,3-4,10-13H2,1-2H3/b16-5-. The average Bonchev–Trinajstić information content (AvgIpc) is 2.45. The van der Waals surface area contributed by atoms with Crippen LogP contribution in [0.5, 0.6) is 0 Å². The van der Waals surface area contributed by atoms with Crippen LogP contribution in [0.25, 0.3) is 0 Å². The minimum atomic E-state index is 0.971. The molecule has 0 atom stereocenters.